The van der Waals surface area contributed by atoms with Crippen LogP contribution in [0, 0.1) is 0 Å². The first-order chi connectivity index (χ1) is 12.2. The normalized spacial score (nSPS) is 14.5. The Kier molecular flexibility index (Phi) is 6.77. The third-order valence-corrected chi connectivity index (χ3v) is 5.25. The van der Waals surface area contributed by atoms with Crippen molar-refractivity contribution in [2.75, 3.05) is 25.4 Å². The summed E-state index contributed by atoms with van der Waals surface area (Å²) in [4.78, 5) is 36.8. The summed E-state index contributed by atoms with van der Waals surface area (Å²) in [5.41, 5.74) is 1.51. The van der Waals surface area contributed by atoms with Crippen LogP contribution < -0.4 is 5.32 Å². The van der Waals surface area contributed by atoms with Crippen molar-refractivity contribution in [1.82, 2.24) is 10.2 Å². The number of nitrogens with zero attached hydrogens (tertiary/aromatic N) is 1. The molecule has 0 saturated carbocycles. The van der Waals surface area contributed by atoms with Gasteiger partial charge in [0.05, 0.1) is 11.3 Å². The van der Waals surface area contributed by atoms with Gasteiger partial charge in [-0.05, 0) is 23.1 Å². The van der Waals surface area contributed by atoms with Crippen molar-refractivity contribution in [2.45, 2.75) is 26.2 Å². The van der Waals surface area contributed by atoms with Gasteiger partial charge in [-0.15, -0.1) is 0 Å². The van der Waals surface area contributed by atoms with Crippen LogP contribution in [-0.4, -0.2) is 52.5 Å². The molecule has 1 aliphatic heterocycles. The average Bonchev–Trinajstić information content (AvgIpc) is 2.91. The van der Waals surface area contributed by atoms with E-state index in [9.17, 15) is 14.4 Å². The maximum absolute atomic E-state index is 12.0. The summed E-state index contributed by atoms with van der Waals surface area (Å²) in [5, 5.41) is 2.61. The monoisotopic (exact) mass is 394 g/mol. The van der Waals surface area contributed by atoms with Crippen LogP contribution in [0.3, 0.4) is 0 Å². The molecule has 2 rings (SSSR count). The lowest BCUT2D eigenvalue weighted by Crippen LogP contribution is -2.38. The number of carbonyl (C=O) groups excluding carboxylic acids is 3. The van der Waals surface area contributed by atoms with Crippen molar-refractivity contribution in [1.29, 1.82) is 0 Å². The number of ether oxygens (including phenoxy) is 1. The fraction of sp³-hybridized carbons (Fsp3) is 0.444. The molecule has 0 atom stereocenters. The highest BCUT2D eigenvalue weighted by Crippen LogP contribution is 2.22. The number of thioether (sulfide) groups is 1. The number of amides is 2. The quantitative estimate of drug-likeness (QED) is 0.588. The molecule has 1 aromatic carbocycles. The van der Waals surface area contributed by atoms with E-state index in [-0.39, 0.29) is 24.5 Å². The van der Waals surface area contributed by atoms with Gasteiger partial charge in [0.15, 0.2) is 6.61 Å². The molecule has 1 aromatic rings. The molecule has 26 heavy (non-hydrogen) atoms. The highest BCUT2D eigenvalue weighted by Gasteiger charge is 2.26. The van der Waals surface area contributed by atoms with Gasteiger partial charge in [-0.1, -0.05) is 56.9 Å². The maximum Gasteiger partial charge on any atom is 0.338 e. The smallest absolute Gasteiger partial charge is 0.338 e. The first kappa shape index (κ1) is 20.4. The third kappa shape index (κ3) is 5.54. The Hall–Kier alpha value is -1.93. The van der Waals surface area contributed by atoms with E-state index in [1.54, 1.807) is 12.1 Å². The van der Waals surface area contributed by atoms with E-state index >= 15 is 0 Å². The number of nitrogens with one attached hydrogen (secondary N) is 1. The highest BCUT2D eigenvalue weighted by atomic mass is 32.2. The van der Waals surface area contributed by atoms with E-state index in [1.165, 1.54) is 16.7 Å². The molecule has 6 nitrogen and oxygen atoms in total. The Labute approximate surface area is 162 Å². The minimum Gasteiger partial charge on any atom is -0.452 e. The number of hydrogen-bond acceptors (Lipinski definition) is 6. The lowest BCUT2D eigenvalue weighted by Gasteiger charge is -2.18. The van der Waals surface area contributed by atoms with Crippen molar-refractivity contribution in [3.63, 3.8) is 0 Å². The zero-order valence-electron chi connectivity index (χ0n) is 15.0. The SMILES string of the molecule is CC(C)(C)c1ccc(C(=O)OCC(=O)NCCN2C(=O)CSC2=S)cc1. The zero-order chi connectivity index (χ0) is 19.3. The van der Waals surface area contributed by atoms with Crippen LogP contribution in [-0.2, 0) is 19.7 Å². The molecule has 1 aliphatic rings. The molecule has 1 fully saturated rings. The van der Waals surface area contributed by atoms with Gasteiger partial charge in [0, 0.05) is 13.1 Å². The van der Waals surface area contributed by atoms with Gasteiger partial charge in [0.25, 0.3) is 5.91 Å². The maximum atomic E-state index is 12.0. The Balaban J connectivity index is 1.74. The summed E-state index contributed by atoms with van der Waals surface area (Å²) in [6.07, 6.45) is 0. The second-order valence-electron chi connectivity index (χ2n) is 6.85. The molecule has 0 aliphatic carbocycles. The molecule has 0 spiro atoms. The summed E-state index contributed by atoms with van der Waals surface area (Å²) in [6.45, 7) is 6.47. The molecule has 0 radical (unpaired) electrons. The topological polar surface area (TPSA) is 75.7 Å². The van der Waals surface area contributed by atoms with E-state index in [0.717, 1.165) is 5.56 Å². The summed E-state index contributed by atoms with van der Waals surface area (Å²) < 4.78 is 5.54. The van der Waals surface area contributed by atoms with Gasteiger partial charge in [0.1, 0.15) is 4.32 Å². The van der Waals surface area contributed by atoms with E-state index in [0.29, 0.717) is 22.2 Å². The summed E-state index contributed by atoms with van der Waals surface area (Å²) >= 11 is 6.37. The van der Waals surface area contributed by atoms with Crippen LogP contribution >= 0.6 is 24.0 Å². The lowest BCUT2D eigenvalue weighted by molar-refractivity contribution is -0.126. The number of esters is 1. The average molecular weight is 395 g/mol. The second kappa shape index (κ2) is 8.64. The van der Waals surface area contributed by atoms with Gasteiger partial charge in [-0.3, -0.25) is 14.5 Å². The van der Waals surface area contributed by atoms with Crippen molar-refractivity contribution >= 4 is 46.1 Å². The van der Waals surface area contributed by atoms with Gasteiger partial charge >= 0.3 is 5.97 Å². The largest absolute Gasteiger partial charge is 0.452 e. The molecule has 1 saturated heterocycles. The Bertz CT molecular complexity index is 695. The summed E-state index contributed by atoms with van der Waals surface area (Å²) in [5.74, 6) is -0.680. The molecular formula is C18H22N2O4S2. The number of benzene rings is 1. The minimum absolute atomic E-state index is 0.000131. The fourth-order valence-electron chi connectivity index (χ4n) is 2.28. The van der Waals surface area contributed by atoms with Crippen molar-refractivity contribution in [3.8, 4) is 0 Å². The van der Waals surface area contributed by atoms with Crippen LogP contribution in [0.1, 0.15) is 36.7 Å². The van der Waals surface area contributed by atoms with Gasteiger partial charge in [0.2, 0.25) is 5.91 Å². The number of carbonyl (C=O) groups is 3. The summed E-state index contributed by atoms with van der Waals surface area (Å²) in [7, 11) is 0. The summed E-state index contributed by atoms with van der Waals surface area (Å²) in [6, 6.07) is 7.14. The highest BCUT2D eigenvalue weighted by molar-refractivity contribution is 8.23. The van der Waals surface area contributed by atoms with Crippen LogP contribution in [0.25, 0.3) is 0 Å². The number of rotatable bonds is 6. The molecule has 2 amide bonds. The minimum atomic E-state index is -0.548. The Morgan fingerprint density at radius 3 is 2.46 bits per heavy atom. The van der Waals surface area contributed by atoms with Crippen LogP contribution in [0.15, 0.2) is 24.3 Å². The van der Waals surface area contributed by atoms with E-state index in [2.05, 4.69) is 26.1 Å². The Morgan fingerprint density at radius 2 is 1.92 bits per heavy atom. The lowest BCUT2D eigenvalue weighted by atomic mass is 9.87. The van der Waals surface area contributed by atoms with Gasteiger partial charge < -0.3 is 10.1 Å². The van der Waals surface area contributed by atoms with E-state index < -0.39 is 11.9 Å². The predicted octanol–water partition coefficient (Wildman–Crippen LogP) is 2.12. The number of thiocarbonyl (C=S) groups is 1. The molecule has 140 valence electrons. The van der Waals surface area contributed by atoms with E-state index in [4.69, 9.17) is 17.0 Å². The molecular weight excluding hydrogens is 372 g/mol. The van der Waals surface area contributed by atoms with Crippen LogP contribution in [0.4, 0.5) is 0 Å². The standard InChI is InChI=1S/C18H22N2O4S2/c1-18(2,3)13-6-4-12(5-7-13)16(23)24-10-14(21)19-8-9-20-15(22)11-26-17(20)25/h4-7H,8-11H2,1-3H3,(H,19,21). The zero-order valence-corrected chi connectivity index (χ0v) is 16.7. The second-order valence-corrected chi connectivity index (χ2v) is 8.46. The molecule has 1 N–H and O–H groups in total. The van der Waals surface area contributed by atoms with Gasteiger partial charge in [-0.2, -0.15) is 0 Å². The molecule has 0 unspecified atom stereocenters. The first-order valence-corrected chi connectivity index (χ1v) is 9.59. The predicted molar refractivity (Wildman–Crippen MR) is 105 cm³/mol. The van der Waals surface area contributed by atoms with Gasteiger partial charge in [-0.25, -0.2) is 4.79 Å². The fourth-order valence-corrected chi connectivity index (χ4v) is 3.40. The Morgan fingerprint density at radius 1 is 1.27 bits per heavy atom. The van der Waals surface area contributed by atoms with Crippen LogP contribution in [0.2, 0.25) is 0 Å². The van der Waals surface area contributed by atoms with E-state index in [1.807, 2.05) is 12.1 Å². The molecule has 8 heteroatoms. The van der Waals surface area contributed by atoms with Crippen molar-refractivity contribution in [3.05, 3.63) is 35.4 Å². The molecule has 0 aromatic heterocycles. The third-order valence-electron chi connectivity index (χ3n) is 3.82. The van der Waals surface area contributed by atoms with Crippen molar-refractivity contribution in [2.24, 2.45) is 0 Å². The van der Waals surface area contributed by atoms with Crippen LogP contribution in [0.5, 0.6) is 0 Å². The first-order valence-electron chi connectivity index (χ1n) is 8.20. The number of hydrogen-bond donors (Lipinski definition) is 1. The molecule has 0 bridgehead atoms. The van der Waals surface area contributed by atoms with Crippen molar-refractivity contribution < 1.29 is 19.1 Å². The molecule has 1 heterocycles.